The third-order valence-electron chi connectivity index (χ3n) is 1.94. The number of nitrogens with two attached hydrogens (primary N) is 2. The molecule has 7 nitrogen and oxygen atoms in total. The SMILES string of the molecule is CCN(CC)Cc1noc(N=C(N)N)n1. The fourth-order valence-corrected chi connectivity index (χ4v) is 1.11. The van der Waals surface area contributed by atoms with Crippen molar-refractivity contribution in [2.45, 2.75) is 20.4 Å². The van der Waals surface area contributed by atoms with Crippen LogP contribution in [0.2, 0.25) is 0 Å². The predicted molar refractivity (Wildman–Crippen MR) is 56.4 cm³/mol. The Morgan fingerprint density at radius 2 is 2.07 bits per heavy atom. The van der Waals surface area contributed by atoms with E-state index in [-0.39, 0.29) is 12.0 Å². The second-order valence-electron chi connectivity index (χ2n) is 2.99. The van der Waals surface area contributed by atoms with Crippen LogP contribution in [0.4, 0.5) is 6.01 Å². The van der Waals surface area contributed by atoms with Crippen molar-refractivity contribution in [3.8, 4) is 0 Å². The van der Waals surface area contributed by atoms with Crippen LogP contribution in [0.5, 0.6) is 0 Å². The van der Waals surface area contributed by atoms with Gasteiger partial charge in [-0.1, -0.05) is 19.0 Å². The summed E-state index contributed by atoms with van der Waals surface area (Å²) in [5, 5.41) is 3.76. The standard InChI is InChI=1S/C8H16N6O/c1-3-14(4-2)5-6-11-8(15-13-6)12-7(9)10/h3-5H2,1-2H3,(H4,9,10,11,12,13). The van der Waals surface area contributed by atoms with Crippen molar-refractivity contribution in [1.82, 2.24) is 15.0 Å². The number of hydrogen-bond donors (Lipinski definition) is 2. The lowest BCUT2D eigenvalue weighted by Gasteiger charge is -2.14. The van der Waals surface area contributed by atoms with Gasteiger partial charge < -0.3 is 16.0 Å². The Morgan fingerprint density at radius 1 is 1.40 bits per heavy atom. The van der Waals surface area contributed by atoms with Crippen molar-refractivity contribution in [2.75, 3.05) is 13.1 Å². The number of nitrogens with zero attached hydrogens (tertiary/aromatic N) is 4. The largest absolute Gasteiger partial charge is 0.370 e. The number of aromatic nitrogens is 2. The van der Waals surface area contributed by atoms with Crippen molar-refractivity contribution in [3.63, 3.8) is 0 Å². The first-order valence-electron chi connectivity index (χ1n) is 4.80. The molecule has 0 amide bonds. The van der Waals surface area contributed by atoms with Gasteiger partial charge in [-0.15, -0.1) is 0 Å². The molecule has 0 aliphatic carbocycles. The van der Waals surface area contributed by atoms with Crippen molar-refractivity contribution in [2.24, 2.45) is 16.5 Å². The molecule has 4 N–H and O–H groups in total. The molecule has 0 aliphatic rings. The second kappa shape index (κ2) is 5.30. The van der Waals surface area contributed by atoms with Gasteiger partial charge in [-0.3, -0.25) is 4.90 Å². The van der Waals surface area contributed by atoms with Gasteiger partial charge in [0.05, 0.1) is 6.54 Å². The number of rotatable bonds is 5. The summed E-state index contributed by atoms with van der Waals surface area (Å²) in [6.45, 7) is 6.64. The number of guanidine groups is 1. The van der Waals surface area contributed by atoms with Gasteiger partial charge in [0, 0.05) is 0 Å². The highest BCUT2D eigenvalue weighted by atomic mass is 16.5. The summed E-state index contributed by atoms with van der Waals surface area (Å²) in [5.41, 5.74) is 10.4. The molecule has 1 rings (SSSR count). The van der Waals surface area contributed by atoms with Crippen LogP contribution in [-0.4, -0.2) is 34.1 Å². The Morgan fingerprint density at radius 3 is 2.60 bits per heavy atom. The molecule has 1 heterocycles. The van der Waals surface area contributed by atoms with E-state index in [1.54, 1.807) is 0 Å². The minimum Gasteiger partial charge on any atom is -0.370 e. The van der Waals surface area contributed by atoms with Gasteiger partial charge >= 0.3 is 6.01 Å². The van der Waals surface area contributed by atoms with Gasteiger partial charge in [-0.2, -0.15) is 9.98 Å². The second-order valence-corrected chi connectivity index (χ2v) is 2.99. The van der Waals surface area contributed by atoms with E-state index in [1.807, 2.05) is 0 Å². The van der Waals surface area contributed by atoms with E-state index in [0.717, 1.165) is 13.1 Å². The zero-order valence-corrected chi connectivity index (χ0v) is 8.97. The Hall–Kier alpha value is -1.63. The van der Waals surface area contributed by atoms with Crippen LogP contribution < -0.4 is 11.5 Å². The molecule has 0 radical (unpaired) electrons. The van der Waals surface area contributed by atoms with Gasteiger partial charge in [-0.05, 0) is 13.1 Å². The van der Waals surface area contributed by atoms with Crippen molar-refractivity contribution in [3.05, 3.63) is 5.82 Å². The molecule has 0 unspecified atom stereocenters. The van der Waals surface area contributed by atoms with Gasteiger partial charge in [0.1, 0.15) is 0 Å². The smallest absolute Gasteiger partial charge is 0.350 e. The molecular weight excluding hydrogens is 196 g/mol. The van der Waals surface area contributed by atoms with Crippen molar-refractivity contribution >= 4 is 12.0 Å². The molecule has 0 fully saturated rings. The molecule has 0 aliphatic heterocycles. The van der Waals surface area contributed by atoms with Crippen LogP contribution in [0.15, 0.2) is 9.52 Å². The maximum Gasteiger partial charge on any atom is 0.350 e. The zero-order chi connectivity index (χ0) is 11.3. The normalized spacial score (nSPS) is 10.6. The highest BCUT2D eigenvalue weighted by molar-refractivity contribution is 5.77. The minimum atomic E-state index is -0.0898. The third-order valence-corrected chi connectivity index (χ3v) is 1.94. The maximum atomic E-state index is 5.18. The molecule has 1 aromatic rings. The Balaban J connectivity index is 2.64. The van der Waals surface area contributed by atoms with E-state index in [9.17, 15) is 0 Å². The topological polar surface area (TPSA) is 107 Å². The van der Waals surface area contributed by atoms with Gasteiger partial charge in [0.15, 0.2) is 11.8 Å². The van der Waals surface area contributed by atoms with E-state index >= 15 is 0 Å². The highest BCUT2D eigenvalue weighted by Crippen LogP contribution is 2.08. The third kappa shape index (κ3) is 3.55. The molecule has 0 atom stereocenters. The molecule has 7 heteroatoms. The van der Waals surface area contributed by atoms with Gasteiger partial charge in [-0.25, -0.2) is 0 Å². The molecule has 0 saturated heterocycles. The summed E-state index contributed by atoms with van der Waals surface area (Å²) in [6, 6.07) is 0.0946. The predicted octanol–water partition coefficient (Wildman–Crippen LogP) is -0.184. The summed E-state index contributed by atoms with van der Waals surface area (Å²) in [7, 11) is 0. The molecule has 0 aromatic carbocycles. The van der Waals surface area contributed by atoms with E-state index in [1.165, 1.54) is 0 Å². The van der Waals surface area contributed by atoms with Crippen LogP contribution in [0.25, 0.3) is 0 Å². The summed E-state index contributed by atoms with van der Waals surface area (Å²) in [5.74, 6) is 0.492. The average molecular weight is 212 g/mol. The summed E-state index contributed by atoms with van der Waals surface area (Å²) >= 11 is 0. The van der Waals surface area contributed by atoms with Gasteiger partial charge in [0.2, 0.25) is 0 Å². The lowest BCUT2D eigenvalue weighted by atomic mass is 10.4. The lowest BCUT2D eigenvalue weighted by molar-refractivity contribution is 0.282. The average Bonchev–Trinajstić information content (AvgIpc) is 2.61. The maximum absolute atomic E-state index is 5.18. The van der Waals surface area contributed by atoms with Crippen molar-refractivity contribution < 1.29 is 4.52 Å². The Labute approximate surface area is 88.1 Å². The van der Waals surface area contributed by atoms with Crippen LogP contribution >= 0.6 is 0 Å². The molecule has 15 heavy (non-hydrogen) atoms. The van der Waals surface area contributed by atoms with Crippen LogP contribution in [0.3, 0.4) is 0 Å². The molecule has 0 spiro atoms. The monoisotopic (exact) mass is 212 g/mol. The van der Waals surface area contributed by atoms with E-state index < -0.39 is 0 Å². The van der Waals surface area contributed by atoms with Crippen molar-refractivity contribution in [1.29, 1.82) is 0 Å². The zero-order valence-electron chi connectivity index (χ0n) is 8.97. The highest BCUT2D eigenvalue weighted by Gasteiger charge is 2.08. The molecule has 84 valence electrons. The first kappa shape index (κ1) is 11.4. The molecule has 0 bridgehead atoms. The minimum absolute atomic E-state index is 0.0898. The number of aliphatic imine (C=N–C) groups is 1. The summed E-state index contributed by atoms with van der Waals surface area (Å²) in [4.78, 5) is 9.83. The van der Waals surface area contributed by atoms with Gasteiger partial charge in [0.25, 0.3) is 0 Å². The van der Waals surface area contributed by atoms with Crippen LogP contribution in [0, 0.1) is 0 Å². The molecular formula is C8H16N6O. The Kier molecular flexibility index (Phi) is 4.04. The van der Waals surface area contributed by atoms with Crippen LogP contribution in [-0.2, 0) is 6.54 Å². The molecule has 0 saturated carbocycles. The van der Waals surface area contributed by atoms with E-state index in [0.29, 0.717) is 12.4 Å². The fourth-order valence-electron chi connectivity index (χ4n) is 1.11. The van der Waals surface area contributed by atoms with E-state index in [2.05, 4.69) is 33.9 Å². The fraction of sp³-hybridized carbons (Fsp3) is 0.625. The van der Waals surface area contributed by atoms with E-state index in [4.69, 9.17) is 16.0 Å². The summed E-state index contributed by atoms with van der Waals surface area (Å²) < 4.78 is 4.83. The van der Waals surface area contributed by atoms with Crippen LogP contribution in [0.1, 0.15) is 19.7 Å². The Bertz CT molecular complexity index is 326. The quantitative estimate of drug-likeness (QED) is 0.517. The first-order valence-corrected chi connectivity index (χ1v) is 4.80. The molecule has 1 aromatic heterocycles. The lowest BCUT2D eigenvalue weighted by Crippen LogP contribution is -2.23. The number of hydrogen-bond acceptors (Lipinski definition) is 5. The summed E-state index contributed by atoms with van der Waals surface area (Å²) in [6.07, 6.45) is 0. The first-order chi connectivity index (χ1) is 7.15.